The van der Waals surface area contributed by atoms with Crippen LogP contribution in [0.1, 0.15) is 22.3 Å². The minimum absolute atomic E-state index is 0.126. The summed E-state index contributed by atoms with van der Waals surface area (Å²) >= 11 is 0. The molecule has 4 atom stereocenters. The van der Waals surface area contributed by atoms with Crippen molar-refractivity contribution in [1.82, 2.24) is 4.90 Å². The SMILES string of the molecule is O=C(c1ccccc1)N1CC2CC1C1C(c3ccccc3)=NOC21. The van der Waals surface area contributed by atoms with Crippen molar-refractivity contribution in [3.8, 4) is 0 Å². The van der Waals surface area contributed by atoms with Crippen LogP contribution < -0.4 is 0 Å². The van der Waals surface area contributed by atoms with Crippen LogP contribution in [0.25, 0.3) is 0 Å². The van der Waals surface area contributed by atoms with Crippen molar-refractivity contribution in [2.24, 2.45) is 17.0 Å². The molecule has 2 aromatic carbocycles. The van der Waals surface area contributed by atoms with Gasteiger partial charge in [-0.15, -0.1) is 0 Å². The zero-order valence-electron chi connectivity index (χ0n) is 13.2. The molecule has 0 radical (unpaired) electrons. The van der Waals surface area contributed by atoms with Crippen LogP contribution in [0.3, 0.4) is 0 Å². The molecule has 2 bridgehead atoms. The number of rotatable bonds is 2. The minimum atomic E-state index is 0.126. The van der Waals surface area contributed by atoms with Crippen molar-refractivity contribution in [3.63, 3.8) is 0 Å². The molecule has 1 aliphatic carbocycles. The molecule has 4 unspecified atom stereocenters. The Hall–Kier alpha value is -2.62. The lowest BCUT2D eigenvalue weighted by atomic mass is 9.87. The van der Waals surface area contributed by atoms with Crippen molar-refractivity contribution >= 4 is 11.6 Å². The van der Waals surface area contributed by atoms with E-state index in [1.807, 2.05) is 53.4 Å². The molecular weight excluding hydrogens is 300 g/mol. The predicted molar refractivity (Wildman–Crippen MR) is 90.7 cm³/mol. The average Bonchev–Trinajstić information content (AvgIpc) is 3.34. The molecule has 4 heteroatoms. The van der Waals surface area contributed by atoms with Crippen molar-refractivity contribution in [2.45, 2.75) is 18.6 Å². The lowest BCUT2D eigenvalue weighted by Gasteiger charge is -2.34. The molecule has 0 N–H and O–H groups in total. The van der Waals surface area contributed by atoms with Gasteiger partial charge in [0, 0.05) is 24.1 Å². The van der Waals surface area contributed by atoms with E-state index < -0.39 is 0 Å². The fraction of sp³-hybridized carbons (Fsp3) is 0.300. The van der Waals surface area contributed by atoms with Crippen LogP contribution in [0.5, 0.6) is 0 Å². The van der Waals surface area contributed by atoms with Gasteiger partial charge < -0.3 is 9.74 Å². The molecule has 4 nitrogen and oxygen atoms in total. The Kier molecular flexibility index (Phi) is 2.98. The van der Waals surface area contributed by atoms with Gasteiger partial charge in [-0.05, 0) is 24.1 Å². The maximum absolute atomic E-state index is 12.9. The molecule has 1 saturated heterocycles. The summed E-state index contributed by atoms with van der Waals surface area (Å²) in [6.45, 7) is 0.775. The summed E-state index contributed by atoms with van der Waals surface area (Å²) in [6, 6.07) is 19.9. The molecule has 0 aromatic heterocycles. The molecule has 1 amide bonds. The molecule has 5 rings (SSSR count). The molecule has 1 saturated carbocycles. The lowest BCUT2D eigenvalue weighted by Crippen LogP contribution is -2.48. The van der Waals surface area contributed by atoms with E-state index in [1.165, 1.54) is 0 Å². The van der Waals surface area contributed by atoms with Gasteiger partial charge in [-0.3, -0.25) is 4.79 Å². The van der Waals surface area contributed by atoms with Gasteiger partial charge in [0.2, 0.25) is 0 Å². The van der Waals surface area contributed by atoms with Gasteiger partial charge in [0.1, 0.15) is 6.10 Å². The molecule has 2 aliphatic heterocycles. The molecule has 2 heterocycles. The van der Waals surface area contributed by atoms with Crippen molar-refractivity contribution in [2.75, 3.05) is 6.54 Å². The Morgan fingerprint density at radius 1 is 1.04 bits per heavy atom. The molecule has 120 valence electrons. The maximum Gasteiger partial charge on any atom is 0.254 e. The Morgan fingerprint density at radius 2 is 1.75 bits per heavy atom. The van der Waals surface area contributed by atoms with E-state index in [2.05, 4.69) is 17.3 Å². The van der Waals surface area contributed by atoms with Crippen LogP contribution in [0.4, 0.5) is 0 Å². The highest BCUT2D eigenvalue weighted by atomic mass is 16.6. The number of nitrogens with zero attached hydrogens (tertiary/aromatic N) is 2. The zero-order valence-corrected chi connectivity index (χ0v) is 13.2. The highest BCUT2D eigenvalue weighted by Crippen LogP contribution is 2.48. The second-order valence-electron chi connectivity index (χ2n) is 6.83. The number of hydrogen-bond donors (Lipinski definition) is 0. The van der Waals surface area contributed by atoms with E-state index >= 15 is 0 Å². The first-order valence-electron chi connectivity index (χ1n) is 8.48. The van der Waals surface area contributed by atoms with Crippen LogP contribution in [0.2, 0.25) is 0 Å². The van der Waals surface area contributed by atoms with Crippen LogP contribution >= 0.6 is 0 Å². The quantitative estimate of drug-likeness (QED) is 0.854. The summed E-state index contributed by atoms with van der Waals surface area (Å²) < 4.78 is 0. The first-order valence-corrected chi connectivity index (χ1v) is 8.48. The first-order chi connectivity index (χ1) is 11.8. The Balaban J connectivity index is 1.46. The predicted octanol–water partition coefficient (Wildman–Crippen LogP) is 2.95. The van der Waals surface area contributed by atoms with E-state index in [0.29, 0.717) is 5.92 Å². The van der Waals surface area contributed by atoms with Gasteiger partial charge in [-0.25, -0.2) is 0 Å². The Labute approximate surface area is 140 Å². The van der Waals surface area contributed by atoms with Crippen LogP contribution in [-0.4, -0.2) is 35.2 Å². The number of fused-ring (bicyclic) bond motifs is 5. The van der Waals surface area contributed by atoms with Crippen LogP contribution in [0, 0.1) is 11.8 Å². The number of amides is 1. The van der Waals surface area contributed by atoms with Crippen LogP contribution in [0.15, 0.2) is 65.8 Å². The van der Waals surface area contributed by atoms with Gasteiger partial charge in [0.05, 0.1) is 11.6 Å². The summed E-state index contributed by atoms with van der Waals surface area (Å²) in [4.78, 5) is 20.7. The standard InChI is InChI=1S/C20H18N2O2/c23-20(14-9-5-2-6-10-14)22-12-15-11-16(22)17-18(21-24-19(15)17)13-7-3-1-4-8-13/h1-10,15-17,19H,11-12H2. The molecule has 24 heavy (non-hydrogen) atoms. The smallest absolute Gasteiger partial charge is 0.254 e. The number of hydrogen-bond acceptors (Lipinski definition) is 3. The van der Waals surface area contributed by atoms with Gasteiger partial charge in [-0.1, -0.05) is 53.7 Å². The summed E-state index contributed by atoms with van der Waals surface area (Å²) in [6.07, 6.45) is 1.14. The highest BCUT2D eigenvalue weighted by Gasteiger charge is 2.59. The molecular formula is C20H18N2O2. The topological polar surface area (TPSA) is 41.9 Å². The van der Waals surface area contributed by atoms with E-state index in [9.17, 15) is 4.79 Å². The van der Waals surface area contributed by atoms with E-state index in [4.69, 9.17) is 4.84 Å². The van der Waals surface area contributed by atoms with Gasteiger partial charge in [0.15, 0.2) is 0 Å². The van der Waals surface area contributed by atoms with Gasteiger partial charge >= 0.3 is 0 Å². The summed E-state index contributed by atoms with van der Waals surface area (Å²) in [7, 11) is 0. The first kappa shape index (κ1) is 13.8. The Bertz CT molecular complexity index is 803. The zero-order chi connectivity index (χ0) is 16.1. The number of likely N-dealkylation sites (tertiary alicyclic amines) is 1. The lowest BCUT2D eigenvalue weighted by molar-refractivity contribution is 0.00798. The third-order valence-corrected chi connectivity index (χ3v) is 5.55. The average molecular weight is 318 g/mol. The maximum atomic E-state index is 12.9. The fourth-order valence-electron chi connectivity index (χ4n) is 4.49. The normalized spacial score (nSPS) is 30.0. The van der Waals surface area contributed by atoms with Crippen molar-refractivity contribution in [1.29, 1.82) is 0 Å². The molecule has 0 spiro atoms. The number of piperidine rings is 1. The number of carbonyl (C=O) groups is 1. The Morgan fingerprint density at radius 3 is 2.50 bits per heavy atom. The van der Waals surface area contributed by atoms with Crippen molar-refractivity contribution in [3.05, 3.63) is 71.8 Å². The van der Waals surface area contributed by atoms with Gasteiger partial charge in [0.25, 0.3) is 5.91 Å². The fourth-order valence-corrected chi connectivity index (χ4v) is 4.49. The number of oxime groups is 1. The number of benzene rings is 2. The number of carbonyl (C=O) groups excluding carboxylic acids is 1. The monoisotopic (exact) mass is 318 g/mol. The second kappa shape index (κ2) is 5.20. The third kappa shape index (κ3) is 1.92. The van der Waals surface area contributed by atoms with E-state index in [0.717, 1.165) is 29.8 Å². The highest BCUT2D eigenvalue weighted by molar-refractivity contribution is 6.04. The van der Waals surface area contributed by atoms with E-state index in [1.54, 1.807) is 0 Å². The van der Waals surface area contributed by atoms with Crippen LogP contribution in [-0.2, 0) is 4.84 Å². The molecule has 3 aliphatic rings. The molecule has 2 aromatic rings. The third-order valence-electron chi connectivity index (χ3n) is 5.55. The minimum Gasteiger partial charge on any atom is -0.391 e. The second-order valence-corrected chi connectivity index (χ2v) is 6.83. The summed E-state index contributed by atoms with van der Waals surface area (Å²) in [5.41, 5.74) is 2.86. The van der Waals surface area contributed by atoms with E-state index in [-0.39, 0.29) is 24.0 Å². The van der Waals surface area contributed by atoms with Gasteiger partial charge in [-0.2, -0.15) is 0 Å². The molecule has 2 fully saturated rings. The van der Waals surface area contributed by atoms with Crippen molar-refractivity contribution < 1.29 is 9.63 Å². The summed E-state index contributed by atoms with van der Waals surface area (Å²) in [5, 5.41) is 4.38. The largest absolute Gasteiger partial charge is 0.391 e. The summed E-state index contributed by atoms with van der Waals surface area (Å²) in [5.74, 6) is 0.706.